The molecule has 1 heterocycles. The molecule has 0 spiro atoms. The predicted octanol–water partition coefficient (Wildman–Crippen LogP) is 11.7. The first kappa shape index (κ1) is 58.4. The van der Waals surface area contributed by atoms with Crippen molar-refractivity contribution in [2.24, 2.45) is 11.7 Å². The van der Waals surface area contributed by atoms with Gasteiger partial charge in [-0.05, 0) is 30.7 Å². The van der Waals surface area contributed by atoms with Crippen molar-refractivity contribution in [3.05, 3.63) is 35.9 Å². The summed E-state index contributed by atoms with van der Waals surface area (Å²) in [5.41, 5.74) is 7.09. The van der Waals surface area contributed by atoms with Crippen LogP contribution in [-0.2, 0) is 25.6 Å². The number of ether oxygens (including phenoxy) is 3. The van der Waals surface area contributed by atoms with Crippen LogP contribution in [0.1, 0.15) is 219 Å². The van der Waals surface area contributed by atoms with E-state index < -0.39 is 61.3 Å². The third-order valence-electron chi connectivity index (χ3n) is 12.9. The molecule has 12 heteroatoms. The number of aliphatic hydroxyl groups excluding tert-OH is 3. The second-order valence-electron chi connectivity index (χ2n) is 19.2. The Labute approximate surface area is 395 Å². The van der Waals surface area contributed by atoms with E-state index in [4.69, 9.17) is 19.9 Å². The van der Waals surface area contributed by atoms with Gasteiger partial charge in [0.15, 0.2) is 6.23 Å². The van der Waals surface area contributed by atoms with Crippen molar-refractivity contribution < 1.29 is 43.9 Å². The van der Waals surface area contributed by atoms with Gasteiger partial charge in [0.05, 0.1) is 19.3 Å². The zero-order chi connectivity index (χ0) is 47.5. The Kier molecular flexibility index (Phi) is 33.4. The van der Waals surface area contributed by atoms with Gasteiger partial charge in [-0.15, -0.1) is 0 Å². The van der Waals surface area contributed by atoms with Gasteiger partial charge in [-0.3, -0.25) is 9.69 Å². The van der Waals surface area contributed by atoms with E-state index in [0.717, 1.165) is 49.8 Å². The summed E-state index contributed by atoms with van der Waals surface area (Å²) < 4.78 is 17.8. The van der Waals surface area contributed by atoms with E-state index in [1.165, 1.54) is 127 Å². The lowest BCUT2D eigenvalue weighted by Crippen LogP contribution is -2.71. The van der Waals surface area contributed by atoms with Crippen LogP contribution < -0.4 is 5.73 Å². The molecule has 0 aromatic heterocycles. The zero-order valence-corrected chi connectivity index (χ0v) is 41.5. The largest absolute Gasteiger partial charge is 0.449 e. The van der Waals surface area contributed by atoms with Crippen LogP contribution in [0.25, 0.3) is 0 Å². The number of carbonyl (C=O) groups excluding carboxylic acids is 3. The molecule has 1 aromatic carbocycles. The summed E-state index contributed by atoms with van der Waals surface area (Å²) in [5, 5.41) is 33.3. The lowest BCUT2D eigenvalue weighted by Gasteiger charge is -2.49. The highest BCUT2D eigenvalue weighted by Gasteiger charge is 2.54. The molecule has 5 N–H and O–H groups in total. The van der Waals surface area contributed by atoms with Crippen molar-refractivity contribution in [1.29, 1.82) is 0 Å². The average Bonchev–Trinajstić information content (AvgIpc) is 3.30. The summed E-state index contributed by atoms with van der Waals surface area (Å²) in [4.78, 5) is 44.6. The molecule has 0 unspecified atom stereocenters. The molecule has 1 aliphatic heterocycles. The lowest BCUT2D eigenvalue weighted by molar-refractivity contribution is -0.241. The number of benzene rings is 1. The van der Waals surface area contributed by atoms with Gasteiger partial charge in [0.25, 0.3) is 0 Å². The molecule has 0 bridgehead atoms. The summed E-state index contributed by atoms with van der Waals surface area (Å²) in [5.74, 6) is -0.846. The molecule has 0 radical (unpaired) electrons. The summed E-state index contributed by atoms with van der Waals surface area (Å²) >= 11 is 0. The molecule has 3 amide bonds. The van der Waals surface area contributed by atoms with Crippen LogP contribution in [0.15, 0.2) is 30.3 Å². The van der Waals surface area contributed by atoms with Crippen LogP contribution in [0.2, 0.25) is 0 Å². The van der Waals surface area contributed by atoms with Crippen LogP contribution in [0.4, 0.5) is 9.59 Å². The smallest absolute Gasteiger partial charge is 0.417 e. The molecular weight excluding hydrogens is 823 g/mol. The van der Waals surface area contributed by atoms with Gasteiger partial charge >= 0.3 is 12.2 Å². The van der Waals surface area contributed by atoms with Gasteiger partial charge in [0.2, 0.25) is 5.91 Å². The molecule has 0 aliphatic carbocycles. The van der Waals surface area contributed by atoms with E-state index in [-0.39, 0.29) is 32.1 Å². The Morgan fingerprint density at radius 2 is 1.08 bits per heavy atom. The minimum Gasteiger partial charge on any atom is -0.449 e. The number of amides is 3. The van der Waals surface area contributed by atoms with Crippen LogP contribution in [-0.4, -0.2) is 99.6 Å². The molecule has 1 aliphatic rings. The fourth-order valence-electron chi connectivity index (χ4n) is 8.89. The van der Waals surface area contributed by atoms with Gasteiger partial charge in [-0.1, -0.05) is 225 Å². The number of hydrogen-bond acceptors (Lipinski definition) is 10. The summed E-state index contributed by atoms with van der Waals surface area (Å²) in [6.45, 7) is 7.73. The quantitative estimate of drug-likeness (QED) is 0.0468. The second kappa shape index (κ2) is 37.2. The van der Waals surface area contributed by atoms with E-state index in [1.54, 1.807) is 24.3 Å². The van der Waals surface area contributed by atoms with Crippen LogP contribution in [0, 0.1) is 5.92 Å². The Bertz CT molecular complexity index is 1340. The Hall–Kier alpha value is -2.77. The molecule has 1 saturated heterocycles. The number of carbonyl (C=O) groups is 3. The first-order chi connectivity index (χ1) is 31.6. The molecule has 0 saturated carbocycles. The molecule has 1 aromatic rings. The Morgan fingerprint density at radius 3 is 1.52 bits per heavy atom. The monoisotopic (exact) mass is 918 g/mol. The highest BCUT2D eigenvalue weighted by Crippen LogP contribution is 2.31. The van der Waals surface area contributed by atoms with Gasteiger partial charge in [-0.25, -0.2) is 14.5 Å². The molecule has 12 nitrogen and oxygen atoms in total. The number of hydrogen-bond donors (Lipinski definition) is 4. The topological polar surface area (TPSA) is 172 Å². The zero-order valence-electron chi connectivity index (χ0n) is 41.5. The molecule has 6 atom stereocenters. The van der Waals surface area contributed by atoms with Gasteiger partial charge < -0.3 is 35.3 Å². The van der Waals surface area contributed by atoms with Crippen molar-refractivity contribution in [2.75, 3.05) is 19.8 Å². The molecule has 65 heavy (non-hydrogen) atoms. The fourth-order valence-corrected chi connectivity index (χ4v) is 8.89. The van der Waals surface area contributed by atoms with Crippen LogP contribution in [0.5, 0.6) is 0 Å². The van der Waals surface area contributed by atoms with Gasteiger partial charge in [-0.2, -0.15) is 0 Å². The molecule has 376 valence electrons. The van der Waals surface area contributed by atoms with Gasteiger partial charge in [0.1, 0.15) is 31.0 Å². The number of unbranched alkanes of at least 4 members (excludes halogenated alkanes) is 26. The minimum absolute atomic E-state index is 0.00877. The van der Waals surface area contributed by atoms with Gasteiger partial charge in [0, 0.05) is 6.54 Å². The SMILES string of the molecule is CCCCCCCCCCCCCCCCCCN(C(=O)OCCCCCCCCCCCCCC)[C@@H]1O[C@H](CO)[C@@H](O)[C@H](O)[C@H]1N(C(=O)OCc1ccccc1)C(=O)[C@@H](N)CC(C)C. The number of nitrogens with zero attached hydrogens (tertiary/aromatic N) is 2. The Balaban J connectivity index is 2.17. The van der Waals surface area contributed by atoms with Crippen molar-refractivity contribution in [3.8, 4) is 0 Å². The summed E-state index contributed by atoms with van der Waals surface area (Å²) in [6.07, 6.45) is 25.1. The first-order valence-electron chi connectivity index (χ1n) is 26.4. The maximum absolute atomic E-state index is 14.3. The van der Waals surface area contributed by atoms with Crippen molar-refractivity contribution in [1.82, 2.24) is 9.80 Å². The van der Waals surface area contributed by atoms with E-state index in [0.29, 0.717) is 18.4 Å². The predicted molar refractivity (Wildman–Crippen MR) is 261 cm³/mol. The third kappa shape index (κ3) is 24.7. The van der Waals surface area contributed by atoms with E-state index >= 15 is 0 Å². The number of rotatable bonds is 38. The maximum atomic E-state index is 14.3. The van der Waals surface area contributed by atoms with Crippen molar-refractivity contribution in [3.63, 3.8) is 0 Å². The molecular formula is C53H95N3O9. The molecule has 1 fully saturated rings. The molecule has 2 rings (SSSR count). The van der Waals surface area contributed by atoms with E-state index in [9.17, 15) is 29.7 Å². The van der Waals surface area contributed by atoms with Crippen LogP contribution >= 0.6 is 0 Å². The minimum atomic E-state index is -1.82. The third-order valence-corrected chi connectivity index (χ3v) is 12.9. The average molecular weight is 918 g/mol. The first-order valence-corrected chi connectivity index (χ1v) is 26.4. The standard InChI is InChI=1S/C53H95N3O9/c1-5-7-9-11-13-15-17-19-20-21-22-23-25-27-29-34-38-55(52(61)63-39-35-30-28-26-24-18-16-14-12-10-8-6-2)51-47(49(59)48(58)46(41-57)65-51)56(50(60)45(54)40-43(3)4)53(62)64-42-44-36-32-31-33-37-44/h31-33,36-37,43,45-49,51,57-59H,5-30,34-35,38-42,54H2,1-4H3/t45-,46+,47+,48+,49+,51+/m0/s1. The van der Waals surface area contributed by atoms with Crippen LogP contribution in [0.3, 0.4) is 0 Å². The number of nitrogens with two attached hydrogens (primary N) is 1. The normalized spacial score (nSPS) is 19.0. The highest BCUT2D eigenvalue weighted by atomic mass is 16.6. The van der Waals surface area contributed by atoms with Crippen molar-refractivity contribution in [2.45, 2.75) is 257 Å². The van der Waals surface area contributed by atoms with E-state index in [1.807, 2.05) is 19.9 Å². The summed E-state index contributed by atoms with van der Waals surface area (Å²) in [6, 6.07) is 6.18. The van der Waals surface area contributed by atoms with E-state index in [2.05, 4.69) is 13.8 Å². The maximum Gasteiger partial charge on any atom is 0.417 e. The Morgan fingerprint density at radius 1 is 0.631 bits per heavy atom. The summed E-state index contributed by atoms with van der Waals surface area (Å²) in [7, 11) is 0. The highest BCUT2D eigenvalue weighted by molar-refractivity contribution is 5.95. The fraction of sp³-hybridized carbons (Fsp3) is 0.830. The lowest BCUT2D eigenvalue weighted by atomic mass is 9.93. The van der Waals surface area contributed by atoms with Crippen molar-refractivity contribution >= 4 is 18.1 Å². The number of imide groups is 1. The number of aliphatic hydroxyl groups is 3. The second-order valence-corrected chi connectivity index (χ2v) is 19.2.